The van der Waals surface area contributed by atoms with Gasteiger partial charge < -0.3 is 11.1 Å². The molecular formula is C14H16ClN5O. The molecule has 7 heteroatoms. The Morgan fingerprint density at radius 1 is 1.43 bits per heavy atom. The van der Waals surface area contributed by atoms with E-state index in [1.54, 1.807) is 4.68 Å². The zero-order valence-electron chi connectivity index (χ0n) is 11.3. The molecule has 1 aromatic heterocycles. The van der Waals surface area contributed by atoms with Crippen LogP contribution in [0.15, 0.2) is 30.3 Å². The number of hydrogen-bond acceptors (Lipinski definition) is 3. The molecule has 2 amide bonds. The number of para-hydroxylation sites is 1. The highest BCUT2D eigenvalue weighted by molar-refractivity contribution is 6.34. The van der Waals surface area contributed by atoms with Crippen LogP contribution in [0, 0.1) is 0 Å². The summed E-state index contributed by atoms with van der Waals surface area (Å²) in [4.78, 5) is 11.2. The van der Waals surface area contributed by atoms with Crippen molar-refractivity contribution < 1.29 is 4.79 Å². The summed E-state index contributed by atoms with van der Waals surface area (Å²) >= 11 is 6.41. The first-order chi connectivity index (χ1) is 10.2. The van der Waals surface area contributed by atoms with Crippen LogP contribution in [0.2, 0.25) is 5.02 Å². The molecule has 0 aliphatic carbocycles. The Bertz CT molecular complexity index is 649. The molecule has 0 unspecified atom stereocenters. The number of amides is 2. The number of nitrogens with two attached hydrogens (primary N) is 1. The minimum absolute atomic E-state index is 0.107. The monoisotopic (exact) mass is 305 g/mol. The highest BCUT2D eigenvalue weighted by Gasteiger charge is 2.26. The van der Waals surface area contributed by atoms with E-state index >= 15 is 0 Å². The third kappa shape index (κ3) is 2.72. The van der Waals surface area contributed by atoms with Gasteiger partial charge in [-0.15, -0.1) is 0 Å². The topological polar surface area (TPSA) is 85.0 Å². The molecule has 110 valence electrons. The van der Waals surface area contributed by atoms with E-state index in [0.717, 1.165) is 30.8 Å². The summed E-state index contributed by atoms with van der Waals surface area (Å²) in [7, 11) is 0. The summed E-state index contributed by atoms with van der Waals surface area (Å²) in [5.41, 5.74) is 6.79. The Morgan fingerprint density at radius 2 is 2.19 bits per heavy atom. The highest BCUT2D eigenvalue weighted by Crippen LogP contribution is 2.35. The summed E-state index contributed by atoms with van der Waals surface area (Å²) < 4.78 is 1.61. The predicted octanol–water partition coefficient (Wildman–Crippen LogP) is 2.44. The molecule has 1 aliphatic rings. The van der Waals surface area contributed by atoms with Crippen LogP contribution in [0.3, 0.4) is 0 Å². The third-order valence-electron chi connectivity index (χ3n) is 3.49. The standard InChI is InChI=1S/C14H16ClN5O/c15-11-12(10-7-4-8-17-10)19-20(13(11)18-14(16)21)9-5-2-1-3-6-9/h1-3,5-6,10,17H,4,7-8H2,(H3,16,18,21)/t10-/m1/s1. The average molecular weight is 306 g/mol. The first-order valence-electron chi connectivity index (χ1n) is 6.80. The van der Waals surface area contributed by atoms with Gasteiger partial charge in [0.2, 0.25) is 0 Å². The van der Waals surface area contributed by atoms with Crippen LogP contribution >= 0.6 is 11.6 Å². The number of benzene rings is 1. The Labute approximate surface area is 127 Å². The van der Waals surface area contributed by atoms with Crippen LogP contribution in [0.4, 0.5) is 10.6 Å². The number of urea groups is 1. The molecule has 4 N–H and O–H groups in total. The maximum atomic E-state index is 11.2. The SMILES string of the molecule is NC(=O)Nc1c(Cl)c([C@H]2CCCN2)nn1-c1ccccc1. The van der Waals surface area contributed by atoms with Gasteiger partial charge in [0.1, 0.15) is 10.7 Å². The maximum absolute atomic E-state index is 11.2. The quantitative estimate of drug-likeness (QED) is 0.814. The fourth-order valence-electron chi connectivity index (χ4n) is 2.54. The van der Waals surface area contributed by atoms with Gasteiger partial charge in [0.25, 0.3) is 0 Å². The van der Waals surface area contributed by atoms with Crippen molar-refractivity contribution in [2.45, 2.75) is 18.9 Å². The number of nitrogens with zero attached hydrogens (tertiary/aromatic N) is 2. The number of halogens is 1. The fraction of sp³-hybridized carbons (Fsp3) is 0.286. The van der Waals surface area contributed by atoms with Crippen LogP contribution in [0.1, 0.15) is 24.6 Å². The number of carbonyl (C=O) groups is 1. The Balaban J connectivity index is 2.08. The molecule has 0 radical (unpaired) electrons. The van der Waals surface area contributed by atoms with Crippen molar-refractivity contribution in [2.75, 3.05) is 11.9 Å². The molecule has 3 rings (SSSR count). The second-order valence-corrected chi connectivity index (χ2v) is 5.31. The molecule has 2 heterocycles. The van der Waals surface area contributed by atoms with Crippen LogP contribution in [0.25, 0.3) is 5.69 Å². The van der Waals surface area contributed by atoms with Crippen LogP contribution < -0.4 is 16.4 Å². The minimum Gasteiger partial charge on any atom is -0.351 e. The van der Waals surface area contributed by atoms with E-state index in [1.165, 1.54) is 0 Å². The number of nitrogens with one attached hydrogen (secondary N) is 2. The lowest BCUT2D eigenvalue weighted by Gasteiger charge is -2.07. The lowest BCUT2D eigenvalue weighted by Crippen LogP contribution is -2.21. The first-order valence-corrected chi connectivity index (χ1v) is 7.18. The number of anilines is 1. The molecular weight excluding hydrogens is 290 g/mol. The molecule has 0 spiro atoms. The zero-order valence-corrected chi connectivity index (χ0v) is 12.1. The van der Waals surface area contributed by atoms with Crippen molar-refractivity contribution in [3.8, 4) is 5.69 Å². The lowest BCUT2D eigenvalue weighted by molar-refractivity contribution is 0.259. The molecule has 1 fully saturated rings. The number of rotatable bonds is 3. The largest absolute Gasteiger partial charge is 0.351 e. The van der Waals surface area contributed by atoms with Gasteiger partial charge in [-0.05, 0) is 31.5 Å². The third-order valence-corrected chi connectivity index (χ3v) is 3.86. The number of aromatic nitrogens is 2. The first kappa shape index (κ1) is 13.9. The molecule has 21 heavy (non-hydrogen) atoms. The second-order valence-electron chi connectivity index (χ2n) is 4.93. The fourth-order valence-corrected chi connectivity index (χ4v) is 2.83. The van der Waals surface area contributed by atoms with Crippen molar-refractivity contribution in [2.24, 2.45) is 5.73 Å². The minimum atomic E-state index is -0.667. The van der Waals surface area contributed by atoms with Gasteiger partial charge in [0.05, 0.1) is 11.7 Å². The summed E-state index contributed by atoms with van der Waals surface area (Å²) in [6, 6.07) is 8.92. The van der Waals surface area contributed by atoms with E-state index < -0.39 is 6.03 Å². The van der Waals surface area contributed by atoms with E-state index in [-0.39, 0.29) is 6.04 Å². The molecule has 1 aromatic carbocycles. The molecule has 0 bridgehead atoms. The van der Waals surface area contributed by atoms with Crippen molar-refractivity contribution >= 4 is 23.4 Å². The van der Waals surface area contributed by atoms with Gasteiger partial charge in [0.15, 0.2) is 5.82 Å². The Kier molecular flexibility index (Phi) is 3.81. The highest BCUT2D eigenvalue weighted by atomic mass is 35.5. The summed E-state index contributed by atoms with van der Waals surface area (Å²) in [6.07, 6.45) is 2.05. The van der Waals surface area contributed by atoms with E-state index in [4.69, 9.17) is 17.3 Å². The summed E-state index contributed by atoms with van der Waals surface area (Å²) in [5.74, 6) is 0.402. The normalized spacial score (nSPS) is 17.9. The second kappa shape index (κ2) is 5.75. The van der Waals surface area contributed by atoms with Gasteiger partial charge in [0, 0.05) is 0 Å². The van der Waals surface area contributed by atoms with Gasteiger partial charge in [-0.1, -0.05) is 29.8 Å². The number of hydrogen-bond donors (Lipinski definition) is 3. The smallest absolute Gasteiger partial charge is 0.317 e. The van der Waals surface area contributed by atoms with E-state index in [2.05, 4.69) is 15.7 Å². The van der Waals surface area contributed by atoms with Gasteiger partial charge in [-0.2, -0.15) is 5.10 Å². The van der Waals surface area contributed by atoms with Gasteiger partial charge in [-0.3, -0.25) is 5.32 Å². The van der Waals surface area contributed by atoms with Gasteiger partial charge in [-0.25, -0.2) is 9.48 Å². The van der Waals surface area contributed by atoms with E-state index in [1.807, 2.05) is 30.3 Å². The molecule has 1 atom stereocenters. The summed E-state index contributed by atoms with van der Waals surface area (Å²) in [6.45, 7) is 0.942. The summed E-state index contributed by atoms with van der Waals surface area (Å²) in [5, 5.41) is 10.9. The molecule has 1 saturated heterocycles. The molecule has 2 aromatic rings. The molecule has 6 nitrogen and oxygen atoms in total. The zero-order chi connectivity index (χ0) is 14.8. The molecule has 0 saturated carbocycles. The maximum Gasteiger partial charge on any atom is 0.317 e. The van der Waals surface area contributed by atoms with E-state index in [0.29, 0.717) is 10.8 Å². The van der Waals surface area contributed by atoms with Crippen LogP contribution in [-0.2, 0) is 0 Å². The van der Waals surface area contributed by atoms with Crippen molar-refractivity contribution in [3.63, 3.8) is 0 Å². The molecule has 1 aliphatic heterocycles. The van der Waals surface area contributed by atoms with Crippen molar-refractivity contribution in [3.05, 3.63) is 41.0 Å². The Hall–Kier alpha value is -2.05. The van der Waals surface area contributed by atoms with Gasteiger partial charge >= 0.3 is 6.03 Å². The predicted molar refractivity (Wildman–Crippen MR) is 81.8 cm³/mol. The van der Waals surface area contributed by atoms with Crippen molar-refractivity contribution in [1.29, 1.82) is 0 Å². The van der Waals surface area contributed by atoms with Crippen molar-refractivity contribution in [1.82, 2.24) is 15.1 Å². The average Bonchev–Trinajstić information content (AvgIpc) is 3.09. The van der Waals surface area contributed by atoms with Crippen LogP contribution in [-0.4, -0.2) is 22.4 Å². The number of primary amides is 1. The van der Waals surface area contributed by atoms with Crippen LogP contribution in [0.5, 0.6) is 0 Å². The lowest BCUT2D eigenvalue weighted by atomic mass is 10.1. The number of carbonyl (C=O) groups excluding carboxylic acids is 1. The van der Waals surface area contributed by atoms with E-state index in [9.17, 15) is 4.79 Å². The Morgan fingerprint density at radius 3 is 2.81 bits per heavy atom.